The fourth-order valence-electron chi connectivity index (χ4n) is 4.33. The molecule has 13 heteroatoms. The summed E-state index contributed by atoms with van der Waals surface area (Å²) in [4.78, 5) is 28.1. The molecule has 0 bridgehead atoms. The first-order valence-electron chi connectivity index (χ1n) is 12.2. The van der Waals surface area contributed by atoms with E-state index in [1.165, 1.54) is 0 Å². The second kappa shape index (κ2) is 13.0. The van der Waals surface area contributed by atoms with Crippen molar-refractivity contribution in [1.29, 1.82) is 0 Å². The van der Waals surface area contributed by atoms with E-state index in [0.717, 1.165) is 49.0 Å². The first-order valence-corrected chi connectivity index (χ1v) is 12.2. The van der Waals surface area contributed by atoms with Crippen molar-refractivity contribution >= 4 is 17.7 Å². The first kappa shape index (κ1) is 31.0. The minimum absolute atomic E-state index is 0.163. The Hall–Kier alpha value is -3.22. The molecule has 1 aromatic carbocycles. The molecule has 0 spiro atoms. The van der Waals surface area contributed by atoms with Crippen molar-refractivity contribution in [2.75, 3.05) is 19.6 Å². The maximum Gasteiger partial charge on any atom is 0.431 e. The summed E-state index contributed by atoms with van der Waals surface area (Å²) in [6.07, 6.45) is -0.588. The van der Waals surface area contributed by atoms with E-state index in [4.69, 9.17) is 10.8 Å². The molecule has 2 heterocycles. The largest absolute Gasteiger partial charge is 0.480 e. The molecule has 0 radical (unpaired) electrons. The summed E-state index contributed by atoms with van der Waals surface area (Å²) >= 11 is 0. The molecule has 0 aliphatic carbocycles. The molecule has 1 aliphatic rings. The number of amides is 1. The number of nitrogens with one attached hydrogen (secondary N) is 2. The van der Waals surface area contributed by atoms with Gasteiger partial charge in [-0.2, -0.15) is 13.2 Å². The van der Waals surface area contributed by atoms with Crippen LogP contribution in [0.3, 0.4) is 0 Å². The van der Waals surface area contributed by atoms with Crippen LogP contribution in [0.15, 0.2) is 24.5 Å². The zero-order valence-electron chi connectivity index (χ0n) is 21.5. The number of halogens is 5. The summed E-state index contributed by atoms with van der Waals surface area (Å²) in [6.45, 7) is 7.68. The third-order valence-corrected chi connectivity index (χ3v) is 6.00. The highest BCUT2D eigenvalue weighted by molar-refractivity contribution is 5.84. The number of carboxylic acids is 1. The van der Waals surface area contributed by atoms with Gasteiger partial charge < -0.3 is 30.6 Å². The Kier molecular flexibility index (Phi) is 10.6. The van der Waals surface area contributed by atoms with Crippen molar-refractivity contribution in [2.45, 2.75) is 70.6 Å². The van der Waals surface area contributed by atoms with Crippen molar-refractivity contribution in [1.82, 2.24) is 19.8 Å². The van der Waals surface area contributed by atoms with Gasteiger partial charge in [-0.3, -0.25) is 4.79 Å². The predicted molar refractivity (Wildman–Crippen MR) is 131 cm³/mol. The molecule has 1 amide bonds. The molecule has 8 nitrogen and oxygen atoms in total. The average molecular weight is 547 g/mol. The Bertz CT molecular complexity index is 1080. The quantitative estimate of drug-likeness (QED) is 0.415. The van der Waals surface area contributed by atoms with Gasteiger partial charge in [0.25, 0.3) is 0 Å². The summed E-state index contributed by atoms with van der Waals surface area (Å²) in [5.74, 6) is -3.95. The van der Waals surface area contributed by atoms with Crippen LogP contribution in [0.4, 0.5) is 27.8 Å². The Labute approximate surface area is 218 Å². The van der Waals surface area contributed by atoms with Gasteiger partial charge in [0.1, 0.15) is 23.4 Å². The SMILES string of the molecule is CC(C)(CN1CCCC1)n1cnc([NH-])c1C(F)(F)F.CCCC(NC(=O)Cc1cc(F)cc(F)c1)C(=O)O. The number of aromatic nitrogens is 2. The lowest BCUT2D eigenvalue weighted by molar-refractivity contribution is -0.144. The van der Waals surface area contributed by atoms with Gasteiger partial charge in [0, 0.05) is 12.6 Å². The van der Waals surface area contributed by atoms with Gasteiger partial charge in [0.2, 0.25) is 5.91 Å². The number of likely N-dealkylation sites (tertiary alicyclic amines) is 1. The van der Waals surface area contributed by atoms with E-state index in [1.54, 1.807) is 20.8 Å². The van der Waals surface area contributed by atoms with Gasteiger partial charge >= 0.3 is 12.1 Å². The molecular weight excluding hydrogens is 513 g/mol. The fraction of sp³-hybridized carbons (Fsp3) is 0.560. The minimum Gasteiger partial charge on any atom is -0.480 e. The number of alkyl halides is 3. The Morgan fingerprint density at radius 1 is 1.13 bits per heavy atom. The Morgan fingerprint density at radius 2 is 1.71 bits per heavy atom. The topological polar surface area (TPSA) is 111 Å². The van der Waals surface area contributed by atoms with Crippen LogP contribution < -0.4 is 5.32 Å². The van der Waals surface area contributed by atoms with E-state index >= 15 is 0 Å². The van der Waals surface area contributed by atoms with Crippen LogP contribution >= 0.6 is 0 Å². The van der Waals surface area contributed by atoms with Crippen LogP contribution in [0.2, 0.25) is 0 Å². The Balaban J connectivity index is 0.000000267. The highest BCUT2D eigenvalue weighted by atomic mass is 19.4. The number of rotatable bonds is 9. The number of carboxylic acid groups (broad SMARTS) is 1. The maximum atomic E-state index is 13.0. The number of hydrogen-bond acceptors (Lipinski definition) is 4. The van der Waals surface area contributed by atoms with Crippen LogP contribution in [0.5, 0.6) is 0 Å². The van der Waals surface area contributed by atoms with Crippen LogP contribution in [0, 0.1) is 11.6 Å². The maximum absolute atomic E-state index is 13.0. The van der Waals surface area contributed by atoms with E-state index in [9.17, 15) is 31.5 Å². The van der Waals surface area contributed by atoms with E-state index in [-0.39, 0.29) is 12.0 Å². The lowest BCUT2D eigenvalue weighted by atomic mass is 10.0. The fourth-order valence-corrected chi connectivity index (χ4v) is 4.33. The molecule has 1 unspecified atom stereocenters. The molecule has 38 heavy (non-hydrogen) atoms. The highest BCUT2D eigenvalue weighted by Gasteiger charge is 2.39. The van der Waals surface area contributed by atoms with Gasteiger partial charge in [-0.15, -0.1) is 0 Å². The number of nitrogens with zero attached hydrogens (tertiary/aromatic N) is 3. The third-order valence-electron chi connectivity index (χ3n) is 6.00. The summed E-state index contributed by atoms with van der Waals surface area (Å²) < 4.78 is 65.9. The molecule has 2 aromatic rings. The van der Waals surface area contributed by atoms with E-state index in [0.29, 0.717) is 25.5 Å². The molecule has 0 saturated carbocycles. The second-order valence-electron chi connectivity index (χ2n) is 9.81. The zero-order chi connectivity index (χ0) is 28.7. The van der Waals surface area contributed by atoms with Crippen LogP contribution in [0.1, 0.15) is 57.7 Å². The van der Waals surface area contributed by atoms with Crippen molar-refractivity contribution in [3.05, 3.63) is 53.2 Å². The smallest absolute Gasteiger partial charge is 0.431 e. The molecular formula is C25H33F5N5O3-. The highest BCUT2D eigenvalue weighted by Crippen LogP contribution is 2.38. The molecule has 1 aromatic heterocycles. The molecule has 1 aliphatic heterocycles. The van der Waals surface area contributed by atoms with Gasteiger partial charge in [0.05, 0.1) is 12.0 Å². The van der Waals surface area contributed by atoms with Gasteiger partial charge in [-0.05, 0) is 76.0 Å². The normalized spacial score (nSPS) is 15.1. The first-order chi connectivity index (χ1) is 17.6. The second-order valence-corrected chi connectivity index (χ2v) is 9.81. The summed E-state index contributed by atoms with van der Waals surface area (Å²) in [6, 6.07) is 1.81. The number of carbonyl (C=O) groups is 2. The Morgan fingerprint density at radius 3 is 2.21 bits per heavy atom. The van der Waals surface area contributed by atoms with E-state index in [1.807, 2.05) is 0 Å². The number of hydrogen-bond donors (Lipinski definition) is 2. The number of aliphatic carboxylic acids is 1. The number of benzene rings is 1. The van der Waals surface area contributed by atoms with E-state index < -0.39 is 52.8 Å². The van der Waals surface area contributed by atoms with Crippen molar-refractivity contribution < 1.29 is 36.6 Å². The summed E-state index contributed by atoms with van der Waals surface area (Å²) in [5.41, 5.74) is 5.81. The van der Waals surface area contributed by atoms with Gasteiger partial charge in [-0.1, -0.05) is 13.3 Å². The molecule has 1 atom stereocenters. The van der Waals surface area contributed by atoms with Crippen LogP contribution in [-0.4, -0.2) is 57.1 Å². The third kappa shape index (κ3) is 8.96. The number of imidazole rings is 1. The average Bonchev–Trinajstić information content (AvgIpc) is 3.42. The molecule has 3 N–H and O–H groups in total. The van der Waals surface area contributed by atoms with Gasteiger partial charge in [0.15, 0.2) is 0 Å². The summed E-state index contributed by atoms with van der Waals surface area (Å²) in [5, 5.41) is 11.2. The van der Waals surface area contributed by atoms with Gasteiger partial charge in [-0.25, -0.2) is 13.6 Å². The monoisotopic (exact) mass is 546 g/mol. The summed E-state index contributed by atoms with van der Waals surface area (Å²) in [7, 11) is 0. The predicted octanol–water partition coefficient (Wildman–Crippen LogP) is 5.29. The van der Waals surface area contributed by atoms with Crippen molar-refractivity contribution in [3.63, 3.8) is 0 Å². The molecule has 1 saturated heterocycles. The minimum atomic E-state index is -4.55. The molecule has 212 valence electrons. The van der Waals surface area contributed by atoms with Crippen LogP contribution in [-0.2, 0) is 27.7 Å². The van der Waals surface area contributed by atoms with Crippen molar-refractivity contribution in [2.24, 2.45) is 0 Å². The van der Waals surface area contributed by atoms with Crippen LogP contribution in [0.25, 0.3) is 5.73 Å². The molecule has 3 rings (SSSR count). The zero-order valence-corrected chi connectivity index (χ0v) is 21.5. The van der Waals surface area contributed by atoms with E-state index in [2.05, 4.69) is 15.2 Å². The molecule has 1 fully saturated rings. The lowest BCUT2D eigenvalue weighted by Crippen LogP contribution is -2.41. The lowest BCUT2D eigenvalue weighted by Gasteiger charge is -2.34. The standard InChI is InChI=1S/C13H15F2NO3.C12H18F3N4/c1-2-3-11(13(18)19)16-12(17)6-8-4-9(14)7-10(15)5-8;1-11(2,7-18-5-3-4-6-18)19-8-17-10(16)9(19)12(13,14)15/h4-5,7,11H,2-3,6H2,1H3,(H,16,17)(H,18,19);8,16H,3-7H2,1-2H3/q;-1. The van der Waals surface area contributed by atoms with Crippen molar-refractivity contribution in [3.8, 4) is 0 Å². The number of carbonyl (C=O) groups excluding carboxylic acids is 1.